The van der Waals surface area contributed by atoms with Crippen LogP contribution in [0.3, 0.4) is 0 Å². The zero-order valence-corrected chi connectivity index (χ0v) is 12.7. The molecule has 2 heterocycles. The number of ether oxygens (including phenoxy) is 2. The van der Waals surface area contributed by atoms with Crippen molar-refractivity contribution < 1.29 is 9.47 Å². The van der Waals surface area contributed by atoms with Crippen molar-refractivity contribution in [3.8, 4) is 22.8 Å². The van der Waals surface area contributed by atoms with Crippen molar-refractivity contribution in [2.24, 2.45) is 0 Å². The minimum absolute atomic E-state index is 0.532. The largest absolute Gasteiger partial charge is 0.493 e. The van der Waals surface area contributed by atoms with Crippen molar-refractivity contribution in [3.63, 3.8) is 0 Å². The fourth-order valence-corrected chi connectivity index (χ4v) is 2.47. The molecule has 0 bridgehead atoms. The average Bonchev–Trinajstić information content (AvgIpc) is 2.90. The molecule has 0 spiro atoms. The van der Waals surface area contributed by atoms with Gasteiger partial charge in [0.1, 0.15) is 5.15 Å². The Labute approximate surface area is 127 Å². The van der Waals surface area contributed by atoms with Crippen LogP contribution in [0.25, 0.3) is 16.9 Å². The maximum Gasteiger partial charge on any atom is 0.161 e. The van der Waals surface area contributed by atoms with Gasteiger partial charge in [-0.1, -0.05) is 11.6 Å². The molecular weight excluding hydrogens is 290 g/mol. The number of fused-ring (bicyclic) bond motifs is 1. The maximum absolute atomic E-state index is 6.19. The molecule has 0 aliphatic rings. The molecule has 2 aromatic heterocycles. The molecule has 0 amide bonds. The Morgan fingerprint density at radius 2 is 1.81 bits per heavy atom. The highest BCUT2D eigenvalue weighted by molar-refractivity contribution is 6.29. The molecule has 5 nitrogen and oxygen atoms in total. The monoisotopic (exact) mass is 303 g/mol. The number of methoxy groups -OCH3 is 2. The Morgan fingerprint density at radius 1 is 1.05 bits per heavy atom. The minimum Gasteiger partial charge on any atom is -0.493 e. The molecule has 0 saturated heterocycles. The van der Waals surface area contributed by atoms with E-state index in [1.165, 1.54) is 0 Å². The van der Waals surface area contributed by atoms with Gasteiger partial charge in [0.15, 0.2) is 17.1 Å². The summed E-state index contributed by atoms with van der Waals surface area (Å²) in [4.78, 5) is 4.42. The number of benzene rings is 1. The number of hydrogen-bond donors (Lipinski definition) is 0. The van der Waals surface area contributed by atoms with Crippen LogP contribution < -0.4 is 9.47 Å². The number of halogens is 1. The summed E-state index contributed by atoms with van der Waals surface area (Å²) >= 11 is 6.19. The lowest BCUT2D eigenvalue weighted by Crippen LogP contribution is -1.94. The first-order valence-corrected chi connectivity index (χ1v) is 6.75. The third kappa shape index (κ3) is 2.40. The van der Waals surface area contributed by atoms with E-state index in [1.54, 1.807) is 24.8 Å². The molecule has 1 aromatic carbocycles. The summed E-state index contributed by atoms with van der Waals surface area (Å²) in [6, 6.07) is 9.31. The molecule has 21 heavy (non-hydrogen) atoms. The summed E-state index contributed by atoms with van der Waals surface area (Å²) < 4.78 is 12.2. The number of aryl methyl sites for hydroxylation is 1. The average molecular weight is 304 g/mol. The van der Waals surface area contributed by atoms with E-state index in [2.05, 4.69) is 10.1 Å². The minimum atomic E-state index is 0.532. The highest BCUT2D eigenvalue weighted by Crippen LogP contribution is 2.32. The van der Waals surface area contributed by atoms with E-state index in [4.69, 9.17) is 21.1 Å². The third-order valence-corrected chi connectivity index (χ3v) is 3.46. The molecule has 0 radical (unpaired) electrons. The highest BCUT2D eigenvalue weighted by atomic mass is 35.5. The Balaban J connectivity index is 2.14. The Hall–Kier alpha value is -2.27. The van der Waals surface area contributed by atoms with Crippen LogP contribution in [-0.4, -0.2) is 28.8 Å². The fourth-order valence-electron chi connectivity index (χ4n) is 2.19. The van der Waals surface area contributed by atoms with Crippen LogP contribution in [0, 0.1) is 6.92 Å². The summed E-state index contributed by atoms with van der Waals surface area (Å²) in [6.45, 7) is 1.90. The van der Waals surface area contributed by atoms with E-state index >= 15 is 0 Å². The van der Waals surface area contributed by atoms with Crippen molar-refractivity contribution in [2.75, 3.05) is 14.2 Å². The fraction of sp³-hybridized carbons (Fsp3) is 0.200. The van der Waals surface area contributed by atoms with Gasteiger partial charge in [-0.15, -0.1) is 0 Å². The molecule has 108 valence electrons. The Morgan fingerprint density at radius 3 is 2.52 bits per heavy atom. The van der Waals surface area contributed by atoms with Gasteiger partial charge in [-0.3, -0.25) is 0 Å². The Bertz CT molecular complexity index is 814. The van der Waals surface area contributed by atoms with E-state index in [0.717, 1.165) is 17.0 Å². The molecule has 6 heteroatoms. The molecule has 0 unspecified atom stereocenters. The van der Waals surface area contributed by atoms with Crippen molar-refractivity contribution in [3.05, 3.63) is 41.2 Å². The molecule has 3 rings (SSSR count). The van der Waals surface area contributed by atoms with Crippen LogP contribution in [0.1, 0.15) is 5.69 Å². The predicted molar refractivity (Wildman–Crippen MR) is 81.3 cm³/mol. The summed E-state index contributed by atoms with van der Waals surface area (Å²) in [6.07, 6.45) is 0. The van der Waals surface area contributed by atoms with Crippen LogP contribution in [-0.2, 0) is 0 Å². The van der Waals surface area contributed by atoms with E-state index in [1.807, 2.05) is 31.2 Å². The normalized spacial score (nSPS) is 10.9. The molecular formula is C15H14ClN3O2. The summed E-state index contributed by atoms with van der Waals surface area (Å²) in [5.74, 6) is 1.33. The predicted octanol–water partition coefficient (Wildman–Crippen LogP) is 3.38. The first-order valence-electron chi connectivity index (χ1n) is 6.37. The first kappa shape index (κ1) is 13.7. The molecule has 0 atom stereocenters. The van der Waals surface area contributed by atoms with Gasteiger partial charge in [-0.25, -0.2) is 9.50 Å². The SMILES string of the molecule is COc1ccc(-c2cc3nc(C)cc(Cl)n3n2)cc1OC. The molecule has 0 fully saturated rings. The summed E-state index contributed by atoms with van der Waals surface area (Å²) in [5.41, 5.74) is 3.25. The van der Waals surface area contributed by atoms with Gasteiger partial charge in [0.2, 0.25) is 0 Å². The number of hydrogen-bond acceptors (Lipinski definition) is 4. The van der Waals surface area contributed by atoms with Crippen LogP contribution in [0.5, 0.6) is 11.5 Å². The summed E-state index contributed by atoms with van der Waals surface area (Å²) in [5, 5.41) is 5.01. The van der Waals surface area contributed by atoms with Gasteiger partial charge in [-0.2, -0.15) is 5.10 Å². The molecule has 0 saturated carbocycles. The lowest BCUT2D eigenvalue weighted by Gasteiger charge is -2.08. The zero-order chi connectivity index (χ0) is 15.0. The zero-order valence-electron chi connectivity index (χ0n) is 11.9. The summed E-state index contributed by atoms with van der Waals surface area (Å²) in [7, 11) is 3.21. The van der Waals surface area contributed by atoms with Crippen LogP contribution in [0.15, 0.2) is 30.3 Å². The van der Waals surface area contributed by atoms with Gasteiger partial charge >= 0.3 is 0 Å². The van der Waals surface area contributed by atoms with E-state index in [0.29, 0.717) is 22.3 Å². The van der Waals surface area contributed by atoms with E-state index in [-0.39, 0.29) is 0 Å². The number of nitrogens with zero attached hydrogens (tertiary/aromatic N) is 3. The van der Waals surface area contributed by atoms with E-state index in [9.17, 15) is 0 Å². The second kappa shape index (κ2) is 5.26. The van der Waals surface area contributed by atoms with Crippen LogP contribution in [0.4, 0.5) is 0 Å². The molecule has 0 aliphatic carbocycles. The van der Waals surface area contributed by atoms with Crippen molar-refractivity contribution in [1.82, 2.24) is 14.6 Å². The van der Waals surface area contributed by atoms with Gasteiger partial charge in [0.05, 0.1) is 19.9 Å². The van der Waals surface area contributed by atoms with Crippen LogP contribution in [0.2, 0.25) is 5.15 Å². The quantitative estimate of drug-likeness (QED) is 0.696. The first-order chi connectivity index (χ1) is 10.1. The smallest absolute Gasteiger partial charge is 0.161 e. The second-order valence-electron chi connectivity index (χ2n) is 4.59. The Kier molecular flexibility index (Phi) is 3.43. The van der Waals surface area contributed by atoms with Gasteiger partial charge in [0.25, 0.3) is 0 Å². The topological polar surface area (TPSA) is 48.7 Å². The van der Waals surface area contributed by atoms with Gasteiger partial charge in [0, 0.05) is 17.3 Å². The maximum atomic E-state index is 6.19. The lowest BCUT2D eigenvalue weighted by molar-refractivity contribution is 0.355. The third-order valence-electron chi connectivity index (χ3n) is 3.19. The highest BCUT2D eigenvalue weighted by Gasteiger charge is 2.11. The molecule has 0 aliphatic heterocycles. The lowest BCUT2D eigenvalue weighted by atomic mass is 10.1. The van der Waals surface area contributed by atoms with Crippen molar-refractivity contribution in [1.29, 1.82) is 0 Å². The second-order valence-corrected chi connectivity index (χ2v) is 4.98. The van der Waals surface area contributed by atoms with Crippen LogP contribution >= 0.6 is 11.6 Å². The number of rotatable bonds is 3. The van der Waals surface area contributed by atoms with Crippen molar-refractivity contribution in [2.45, 2.75) is 6.92 Å². The molecule has 3 aromatic rings. The number of aromatic nitrogens is 3. The van der Waals surface area contributed by atoms with Gasteiger partial charge in [-0.05, 0) is 31.2 Å². The standard InChI is InChI=1S/C15H14ClN3O2/c1-9-6-14(16)19-15(17-9)8-11(18-19)10-4-5-12(20-2)13(7-10)21-3/h4-8H,1-3H3. The molecule has 0 N–H and O–H groups in total. The van der Waals surface area contributed by atoms with Gasteiger partial charge < -0.3 is 9.47 Å². The van der Waals surface area contributed by atoms with Crippen molar-refractivity contribution >= 4 is 17.2 Å². The van der Waals surface area contributed by atoms with E-state index < -0.39 is 0 Å².